The van der Waals surface area contributed by atoms with Crippen LogP contribution in [-0.4, -0.2) is 52.1 Å². The summed E-state index contributed by atoms with van der Waals surface area (Å²) in [7, 11) is -3.56. The van der Waals surface area contributed by atoms with Gasteiger partial charge < -0.3 is 14.4 Å². The average molecular weight is 403 g/mol. The van der Waals surface area contributed by atoms with Crippen LogP contribution in [0.4, 0.5) is 5.69 Å². The molecule has 2 aliphatic rings. The van der Waals surface area contributed by atoms with Crippen molar-refractivity contribution in [3.8, 4) is 11.5 Å². The van der Waals surface area contributed by atoms with Gasteiger partial charge in [-0.1, -0.05) is 17.7 Å². The van der Waals surface area contributed by atoms with Gasteiger partial charge in [0.1, 0.15) is 13.2 Å². The third-order valence-electron chi connectivity index (χ3n) is 5.34. The zero-order chi connectivity index (χ0) is 19.9. The highest BCUT2D eigenvalue weighted by Crippen LogP contribution is 2.34. The first kappa shape index (κ1) is 19.1. The molecule has 0 saturated carbocycles. The largest absolute Gasteiger partial charge is 0.486 e. The summed E-state index contributed by atoms with van der Waals surface area (Å²) in [6.07, 6.45) is 0. The van der Waals surface area contributed by atoms with E-state index in [0.717, 1.165) is 0 Å². The minimum atomic E-state index is -3.56. The van der Waals surface area contributed by atoms with Gasteiger partial charge in [-0.05, 0) is 44.0 Å². The molecule has 2 aromatic carbocycles. The van der Waals surface area contributed by atoms with Crippen LogP contribution in [-0.2, 0) is 10.0 Å². The second kappa shape index (κ2) is 7.29. The summed E-state index contributed by atoms with van der Waals surface area (Å²) in [6.45, 7) is 9.53. The minimum Gasteiger partial charge on any atom is -0.486 e. The Morgan fingerprint density at radius 3 is 2.07 bits per heavy atom. The summed E-state index contributed by atoms with van der Waals surface area (Å²) in [5.41, 5.74) is 4.95. The van der Waals surface area contributed by atoms with Crippen molar-refractivity contribution in [2.24, 2.45) is 0 Å². The van der Waals surface area contributed by atoms with E-state index in [1.807, 2.05) is 0 Å². The molecule has 2 heterocycles. The number of piperazine rings is 1. The first-order valence-electron chi connectivity index (χ1n) is 9.59. The van der Waals surface area contributed by atoms with Gasteiger partial charge >= 0.3 is 0 Å². The van der Waals surface area contributed by atoms with Crippen LogP contribution in [0.2, 0.25) is 0 Å². The monoisotopic (exact) mass is 402 g/mol. The van der Waals surface area contributed by atoms with E-state index in [-0.39, 0.29) is 4.90 Å². The van der Waals surface area contributed by atoms with Gasteiger partial charge in [-0.3, -0.25) is 0 Å². The van der Waals surface area contributed by atoms with E-state index in [9.17, 15) is 8.42 Å². The maximum absolute atomic E-state index is 13.1. The molecular formula is C21H26N2O4S. The molecule has 0 unspecified atom stereocenters. The molecule has 28 heavy (non-hydrogen) atoms. The summed E-state index contributed by atoms with van der Waals surface area (Å²) in [5, 5.41) is 0. The predicted molar refractivity (Wildman–Crippen MR) is 109 cm³/mol. The highest BCUT2D eigenvalue weighted by molar-refractivity contribution is 7.89. The third kappa shape index (κ3) is 3.44. The fourth-order valence-electron chi connectivity index (χ4n) is 4.16. The molecule has 0 aromatic heterocycles. The van der Waals surface area contributed by atoms with Gasteiger partial charge in [0.25, 0.3) is 0 Å². The number of hydrogen-bond donors (Lipinski definition) is 0. The maximum Gasteiger partial charge on any atom is 0.243 e. The fourth-order valence-corrected chi connectivity index (χ4v) is 5.59. The smallest absolute Gasteiger partial charge is 0.243 e. The van der Waals surface area contributed by atoms with Crippen LogP contribution in [0.25, 0.3) is 0 Å². The number of nitrogens with zero attached hydrogens (tertiary/aromatic N) is 2. The molecule has 6 nitrogen and oxygen atoms in total. The van der Waals surface area contributed by atoms with Crippen molar-refractivity contribution in [2.45, 2.75) is 25.7 Å². The van der Waals surface area contributed by atoms with Gasteiger partial charge in [-0.25, -0.2) is 8.42 Å². The fraction of sp³-hybridized carbons (Fsp3) is 0.429. The summed E-state index contributed by atoms with van der Waals surface area (Å²) in [5.74, 6) is 1.09. The zero-order valence-electron chi connectivity index (χ0n) is 16.6. The third-order valence-corrected chi connectivity index (χ3v) is 7.24. The molecule has 0 amide bonds. The second-order valence-electron chi connectivity index (χ2n) is 7.44. The van der Waals surface area contributed by atoms with E-state index < -0.39 is 10.0 Å². The molecule has 4 rings (SSSR count). The molecule has 0 N–H and O–H groups in total. The Balaban J connectivity index is 1.52. The molecule has 2 aliphatic heterocycles. The number of ether oxygens (including phenoxy) is 2. The Bertz CT molecular complexity index is 972. The van der Waals surface area contributed by atoms with Crippen molar-refractivity contribution in [3.05, 3.63) is 47.0 Å². The van der Waals surface area contributed by atoms with Crippen molar-refractivity contribution in [1.82, 2.24) is 4.31 Å². The van der Waals surface area contributed by atoms with Gasteiger partial charge in [-0.2, -0.15) is 4.31 Å². The standard InChI is InChI=1S/C21H26N2O4S/c1-15-12-16(2)21(17(3)13-15)22-6-8-23(9-7-22)28(24,25)18-4-5-19-20(14-18)27-11-10-26-19/h4-5,12-14H,6-11H2,1-3H3. The predicted octanol–water partition coefficient (Wildman–Crippen LogP) is 2.89. The highest BCUT2D eigenvalue weighted by Gasteiger charge is 2.30. The van der Waals surface area contributed by atoms with E-state index in [2.05, 4.69) is 37.8 Å². The van der Waals surface area contributed by atoms with Crippen molar-refractivity contribution in [1.29, 1.82) is 0 Å². The van der Waals surface area contributed by atoms with Gasteiger partial charge in [0.15, 0.2) is 11.5 Å². The molecular weight excluding hydrogens is 376 g/mol. The zero-order valence-corrected chi connectivity index (χ0v) is 17.4. The first-order chi connectivity index (χ1) is 13.4. The lowest BCUT2D eigenvalue weighted by Crippen LogP contribution is -2.49. The van der Waals surface area contributed by atoms with Crippen molar-refractivity contribution < 1.29 is 17.9 Å². The topological polar surface area (TPSA) is 59.1 Å². The van der Waals surface area contributed by atoms with E-state index in [4.69, 9.17) is 9.47 Å². The Kier molecular flexibility index (Phi) is 4.97. The summed E-state index contributed by atoms with van der Waals surface area (Å²) >= 11 is 0. The molecule has 0 aliphatic carbocycles. The number of benzene rings is 2. The minimum absolute atomic E-state index is 0.257. The molecule has 1 fully saturated rings. The SMILES string of the molecule is Cc1cc(C)c(N2CCN(S(=O)(=O)c3ccc4c(c3)OCCO4)CC2)c(C)c1. The van der Waals surface area contributed by atoms with Gasteiger partial charge in [0.05, 0.1) is 4.90 Å². The Hall–Kier alpha value is -2.25. The molecule has 0 bridgehead atoms. The number of aryl methyl sites for hydroxylation is 3. The first-order valence-corrected chi connectivity index (χ1v) is 11.0. The Morgan fingerprint density at radius 2 is 1.43 bits per heavy atom. The van der Waals surface area contributed by atoms with Crippen LogP contribution in [0.15, 0.2) is 35.2 Å². The van der Waals surface area contributed by atoms with Crippen LogP contribution in [0.1, 0.15) is 16.7 Å². The van der Waals surface area contributed by atoms with Crippen LogP contribution in [0, 0.1) is 20.8 Å². The lowest BCUT2D eigenvalue weighted by Gasteiger charge is -2.37. The number of fused-ring (bicyclic) bond motifs is 1. The Morgan fingerprint density at radius 1 is 0.821 bits per heavy atom. The normalized spacial score (nSPS) is 17.6. The van der Waals surface area contributed by atoms with E-state index in [0.29, 0.717) is 50.9 Å². The van der Waals surface area contributed by atoms with E-state index >= 15 is 0 Å². The van der Waals surface area contributed by atoms with Crippen molar-refractivity contribution >= 4 is 15.7 Å². The maximum atomic E-state index is 13.1. The van der Waals surface area contributed by atoms with E-state index in [1.165, 1.54) is 22.4 Å². The van der Waals surface area contributed by atoms with Crippen LogP contribution in [0.5, 0.6) is 11.5 Å². The quantitative estimate of drug-likeness (QED) is 0.790. The van der Waals surface area contributed by atoms with Crippen LogP contribution in [0.3, 0.4) is 0 Å². The Labute approximate surface area is 166 Å². The highest BCUT2D eigenvalue weighted by atomic mass is 32.2. The molecule has 1 saturated heterocycles. The molecule has 150 valence electrons. The van der Waals surface area contributed by atoms with Crippen molar-refractivity contribution in [3.63, 3.8) is 0 Å². The molecule has 0 spiro atoms. The number of anilines is 1. The average Bonchev–Trinajstić information content (AvgIpc) is 2.67. The molecule has 0 atom stereocenters. The van der Waals surface area contributed by atoms with Crippen LogP contribution >= 0.6 is 0 Å². The van der Waals surface area contributed by atoms with E-state index in [1.54, 1.807) is 22.5 Å². The number of rotatable bonds is 3. The summed E-state index contributed by atoms with van der Waals surface area (Å²) in [6, 6.07) is 9.21. The molecule has 2 aromatic rings. The summed E-state index contributed by atoms with van der Waals surface area (Å²) < 4.78 is 38.8. The van der Waals surface area contributed by atoms with Gasteiger partial charge in [0, 0.05) is 37.9 Å². The van der Waals surface area contributed by atoms with Gasteiger partial charge in [-0.15, -0.1) is 0 Å². The second-order valence-corrected chi connectivity index (χ2v) is 9.38. The summed E-state index contributed by atoms with van der Waals surface area (Å²) in [4.78, 5) is 2.55. The molecule has 7 heteroatoms. The van der Waals surface area contributed by atoms with Crippen LogP contribution < -0.4 is 14.4 Å². The number of hydrogen-bond acceptors (Lipinski definition) is 5. The number of sulfonamides is 1. The lowest BCUT2D eigenvalue weighted by atomic mass is 10.0. The van der Waals surface area contributed by atoms with Gasteiger partial charge in [0.2, 0.25) is 10.0 Å². The lowest BCUT2D eigenvalue weighted by molar-refractivity contribution is 0.171. The van der Waals surface area contributed by atoms with Crippen molar-refractivity contribution in [2.75, 3.05) is 44.3 Å². The molecule has 0 radical (unpaired) electrons.